The van der Waals surface area contributed by atoms with Crippen molar-refractivity contribution in [3.05, 3.63) is 12.2 Å². The number of hydrogen-bond donors (Lipinski definition) is 1. The smallest absolute Gasteiger partial charge is 0.0558 e. The van der Waals surface area contributed by atoms with E-state index in [2.05, 4.69) is 24.1 Å². The Morgan fingerprint density at radius 3 is 2.92 bits per heavy atom. The highest BCUT2D eigenvalue weighted by atomic mass is 16.3. The fraction of sp³-hybridized carbons (Fsp3) is 0.800. The van der Waals surface area contributed by atoms with Crippen molar-refractivity contribution in [2.24, 2.45) is 5.92 Å². The van der Waals surface area contributed by atoms with Gasteiger partial charge in [0.05, 0.1) is 6.61 Å². The molecule has 1 atom stereocenters. The molecular weight excluding hydrogens is 150 g/mol. The van der Waals surface area contributed by atoms with Crippen molar-refractivity contribution in [2.75, 3.05) is 26.7 Å². The minimum atomic E-state index is 0.277. The van der Waals surface area contributed by atoms with Crippen molar-refractivity contribution in [3.63, 3.8) is 0 Å². The summed E-state index contributed by atoms with van der Waals surface area (Å²) in [5, 5.41) is 8.71. The van der Waals surface area contributed by atoms with Crippen LogP contribution in [0.4, 0.5) is 0 Å². The zero-order valence-electron chi connectivity index (χ0n) is 7.87. The van der Waals surface area contributed by atoms with Crippen LogP contribution in [0.1, 0.15) is 19.3 Å². The second-order valence-electron chi connectivity index (χ2n) is 3.64. The number of allylic oxidation sites excluding steroid dienone is 2. The van der Waals surface area contributed by atoms with Crippen LogP contribution in [0.5, 0.6) is 0 Å². The van der Waals surface area contributed by atoms with Gasteiger partial charge in [0.2, 0.25) is 0 Å². The molecule has 0 aromatic rings. The highest BCUT2D eigenvalue weighted by Crippen LogP contribution is 2.18. The number of aliphatic hydroxyl groups excluding tert-OH is 1. The van der Waals surface area contributed by atoms with Gasteiger partial charge < -0.3 is 10.0 Å². The topological polar surface area (TPSA) is 23.5 Å². The van der Waals surface area contributed by atoms with Crippen molar-refractivity contribution in [3.8, 4) is 0 Å². The molecule has 1 rings (SSSR count). The molecular formula is C10H19NO. The first kappa shape index (κ1) is 9.75. The van der Waals surface area contributed by atoms with Crippen LogP contribution in [0.25, 0.3) is 0 Å². The van der Waals surface area contributed by atoms with Crippen molar-refractivity contribution in [1.82, 2.24) is 4.90 Å². The van der Waals surface area contributed by atoms with E-state index in [1.54, 1.807) is 0 Å². The lowest BCUT2D eigenvalue weighted by Crippen LogP contribution is -2.28. The normalized spacial score (nSPS) is 23.4. The number of aliphatic hydroxyl groups is 1. The van der Waals surface area contributed by atoms with Crippen molar-refractivity contribution in [2.45, 2.75) is 19.3 Å². The van der Waals surface area contributed by atoms with Gasteiger partial charge in [-0.3, -0.25) is 0 Å². The van der Waals surface area contributed by atoms with E-state index in [0.717, 1.165) is 19.0 Å². The van der Waals surface area contributed by atoms with Crippen LogP contribution in [0.15, 0.2) is 12.2 Å². The maximum Gasteiger partial charge on any atom is 0.0558 e. The lowest BCUT2D eigenvalue weighted by molar-refractivity contribution is 0.198. The van der Waals surface area contributed by atoms with Crippen LogP contribution >= 0.6 is 0 Å². The van der Waals surface area contributed by atoms with Crippen molar-refractivity contribution in [1.29, 1.82) is 0 Å². The third-order valence-corrected chi connectivity index (χ3v) is 2.43. The van der Waals surface area contributed by atoms with Gasteiger partial charge in [-0.2, -0.15) is 0 Å². The first-order chi connectivity index (χ1) is 5.83. The summed E-state index contributed by atoms with van der Waals surface area (Å²) < 4.78 is 0. The predicted octanol–water partition coefficient (Wildman–Crippen LogP) is 1.27. The van der Waals surface area contributed by atoms with Crippen molar-refractivity contribution >= 4 is 0 Å². The number of likely N-dealkylation sites (N-methyl/N-ethyl adjacent to an activating group) is 1. The molecule has 12 heavy (non-hydrogen) atoms. The maximum atomic E-state index is 8.71. The second-order valence-corrected chi connectivity index (χ2v) is 3.64. The van der Waals surface area contributed by atoms with E-state index in [4.69, 9.17) is 5.11 Å². The van der Waals surface area contributed by atoms with Crippen molar-refractivity contribution < 1.29 is 5.11 Å². The minimum absolute atomic E-state index is 0.277. The molecule has 0 bridgehead atoms. The standard InChI is InChI=1S/C10H19NO/c1-11(7-8-12)9-10-5-3-2-4-6-10/h2-3,10,12H,4-9H2,1H3. The summed E-state index contributed by atoms with van der Waals surface area (Å²) in [7, 11) is 2.08. The molecule has 1 unspecified atom stereocenters. The zero-order chi connectivity index (χ0) is 8.81. The SMILES string of the molecule is CN(CCO)CC1CC=CCC1. The van der Waals surface area contributed by atoms with Crippen LogP contribution in [0.2, 0.25) is 0 Å². The maximum absolute atomic E-state index is 8.71. The first-order valence-electron chi connectivity index (χ1n) is 4.77. The quantitative estimate of drug-likeness (QED) is 0.641. The fourth-order valence-corrected chi connectivity index (χ4v) is 1.72. The molecule has 0 amide bonds. The average molecular weight is 169 g/mol. The fourth-order valence-electron chi connectivity index (χ4n) is 1.72. The van der Waals surface area contributed by atoms with Crippen LogP contribution in [-0.4, -0.2) is 36.8 Å². The van der Waals surface area contributed by atoms with Gasteiger partial charge in [-0.15, -0.1) is 0 Å². The first-order valence-corrected chi connectivity index (χ1v) is 4.77. The minimum Gasteiger partial charge on any atom is -0.395 e. The summed E-state index contributed by atoms with van der Waals surface area (Å²) in [5.74, 6) is 0.812. The number of nitrogens with zero attached hydrogens (tertiary/aromatic N) is 1. The summed E-state index contributed by atoms with van der Waals surface area (Å²) >= 11 is 0. The summed E-state index contributed by atoms with van der Waals surface area (Å²) in [6.45, 7) is 2.21. The molecule has 0 saturated carbocycles. The van der Waals surface area contributed by atoms with Gasteiger partial charge in [0.15, 0.2) is 0 Å². The van der Waals surface area contributed by atoms with E-state index < -0.39 is 0 Å². The Morgan fingerprint density at radius 1 is 1.50 bits per heavy atom. The van der Waals surface area contributed by atoms with Gasteiger partial charge in [-0.05, 0) is 32.2 Å². The highest BCUT2D eigenvalue weighted by Gasteiger charge is 2.11. The Balaban J connectivity index is 2.16. The molecule has 1 aliphatic rings. The molecule has 0 fully saturated rings. The van der Waals surface area contributed by atoms with Crippen LogP contribution in [0, 0.1) is 5.92 Å². The summed E-state index contributed by atoms with van der Waals surface area (Å²) in [6, 6.07) is 0. The van der Waals surface area contributed by atoms with Gasteiger partial charge in [0.1, 0.15) is 0 Å². The van der Waals surface area contributed by atoms with Crippen LogP contribution < -0.4 is 0 Å². The molecule has 2 heteroatoms. The van der Waals surface area contributed by atoms with E-state index in [1.807, 2.05) is 0 Å². The molecule has 0 spiro atoms. The van der Waals surface area contributed by atoms with Gasteiger partial charge in [0.25, 0.3) is 0 Å². The Bertz CT molecular complexity index is 145. The van der Waals surface area contributed by atoms with Crippen LogP contribution in [-0.2, 0) is 0 Å². The predicted molar refractivity (Wildman–Crippen MR) is 51.1 cm³/mol. The third kappa shape index (κ3) is 3.37. The molecule has 1 N–H and O–H groups in total. The number of hydrogen-bond acceptors (Lipinski definition) is 2. The van der Waals surface area contributed by atoms with Gasteiger partial charge in [-0.1, -0.05) is 12.2 Å². The monoisotopic (exact) mass is 169 g/mol. The third-order valence-electron chi connectivity index (χ3n) is 2.43. The largest absolute Gasteiger partial charge is 0.395 e. The van der Waals surface area contributed by atoms with Gasteiger partial charge in [0, 0.05) is 13.1 Å². The molecule has 70 valence electrons. The average Bonchev–Trinajstić information content (AvgIpc) is 2.06. The van der Waals surface area contributed by atoms with Gasteiger partial charge in [-0.25, -0.2) is 0 Å². The van der Waals surface area contributed by atoms with E-state index in [9.17, 15) is 0 Å². The molecule has 0 saturated heterocycles. The summed E-state index contributed by atoms with van der Waals surface area (Å²) in [5.41, 5.74) is 0. The molecule has 0 radical (unpaired) electrons. The molecule has 0 aliphatic heterocycles. The summed E-state index contributed by atoms with van der Waals surface area (Å²) in [6.07, 6.45) is 8.31. The summed E-state index contributed by atoms with van der Waals surface area (Å²) in [4.78, 5) is 2.21. The van der Waals surface area contributed by atoms with E-state index in [-0.39, 0.29) is 6.61 Å². The lowest BCUT2D eigenvalue weighted by Gasteiger charge is -2.23. The Labute approximate surface area is 74.9 Å². The van der Waals surface area contributed by atoms with E-state index >= 15 is 0 Å². The highest BCUT2D eigenvalue weighted by molar-refractivity contribution is 4.90. The molecule has 0 aromatic carbocycles. The van der Waals surface area contributed by atoms with Crippen LogP contribution in [0.3, 0.4) is 0 Å². The Kier molecular flexibility index (Phi) is 4.33. The zero-order valence-corrected chi connectivity index (χ0v) is 7.87. The van der Waals surface area contributed by atoms with E-state index in [1.165, 1.54) is 19.3 Å². The lowest BCUT2D eigenvalue weighted by atomic mass is 9.94. The Morgan fingerprint density at radius 2 is 2.33 bits per heavy atom. The molecule has 0 aromatic heterocycles. The molecule has 2 nitrogen and oxygen atoms in total. The van der Waals surface area contributed by atoms with Gasteiger partial charge >= 0.3 is 0 Å². The molecule has 1 aliphatic carbocycles. The van der Waals surface area contributed by atoms with E-state index in [0.29, 0.717) is 0 Å². The molecule has 0 heterocycles. The Hall–Kier alpha value is -0.340. The second kappa shape index (κ2) is 5.33. The number of rotatable bonds is 4.